The van der Waals surface area contributed by atoms with E-state index in [1.54, 1.807) is 13.3 Å². The van der Waals surface area contributed by atoms with Gasteiger partial charge in [-0.25, -0.2) is 0 Å². The van der Waals surface area contributed by atoms with Gasteiger partial charge in [-0.15, -0.1) is 0 Å². The summed E-state index contributed by atoms with van der Waals surface area (Å²) < 4.78 is 5.20. The molecule has 0 unspecified atom stereocenters. The van der Waals surface area contributed by atoms with E-state index in [2.05, 4.69) is 44.7 Å². The van der Waals surface area contributed by atoms with Crippen molar-refractivity contribution < 1.29 is 9.53 Å². The third-order valence-electron chi connectivity index (χ3n) is 5.43. The highest BCUT2D eigenvalue weighted by Gasteiger charge is 2.23. The molecule has 29 heavy (non-hydrogen) atoms. The topological polar surface area (TPSA) is 70.2 Å². The number of likely N-dealkylation sites (tertiary alicyclic amines) is 1. The van der Waals surface area contributed by atoms with Crippen molar-refractivity contribution in [2.45, 2.75) is 25.4 Å². The first kappa shape index (κ1) is 19.2. The van der Waals surface area contributed by atoms with E-state index in [0.717, 1.165) is 49.5 Å². The number of carbonyl (C=O) groups is 1. The first-order valence-corrected chi connectivity index (χ1v) is 9.98. The van der Waals surface area contributed by atoms with Crippen molar-refractivity contribution in [3.8, 4) is 17.0 Å². The van der Waals surface area contributed by atoms with E-state index in [0.29, 0.717) is 5.56 Å². The summed E-state index contributed by atoms with van der Waals surface area (Å²) in [5.74, 6) is 0.701. The van der Waals surface area contributed by atoms with Crippen LogP contribution in [0.4, 0.5) is 0 Å². The summed E-state index contributed by atoms with van der Waals surface area (Å²) in [5.41, 5.74) is 3.54. The number of aromatic nitrogens is 2. The highest BCUT2D eigenvalue weighted by Crippen LogP contribution is 2.24. The van der Waals surface area contributed by atoms with Gasteiger partial charge in [0.1, 0.15) is 5.75 Å². The molecule has 6 nitrogen and oxygen atoms in total. The molecule has 2 aromatic carbocycles. The van der Waals surface area contributed by atoms with Crippen LogP contribution in [0.25, 0.3) is 11.3 Å². The van der Waals surface area contributed by atoms with Crippen LogP contribution in [0.15, 0.2) is 60.8 Å². The first-order chi connectivity index (χ1) is 14.2. The van der Waals surface area contributed by atoms with Gasteiger partial charge in [0, 0.05) is 31.2 Å². The smallest absolute Gasteiger partial charge is 0.255 e. The molecule has 0 aliphatic carbocycles. The van der Waals surface area contributed by atoms with Crippen LogP contribution >= 0.6 is 0 Å². The molecule has 2 N–H and O–H groups in total. The fourth-order valence-corrected chi connectivity index (χ4v) is 3.78. The highest BCUT2D eigenvalue weighted by atomic mass is 16.5. The van der Waals surface area contributed by atoms with E-state index in [9.17, 15) is 4.79 Å². The van der Waals surface area contributed by atoms with Gasteiger partial charge in [-0.05, 0) is 42.7 Å². The number of ether oxygens (including phenoxy) is 1. The average Bonchev–Trinajstić information content (AvgIpc) is 3.26. The lowest BCUT2D eigenvalue weighted by molar-refractivity contribution is 0.0909. The SMILES string of the molecule is COc1ccc(-c2[nH]ncc2C(=O)NC2CCN(Cc3ccccc3)CC2)cc1. The monoisotopic (exact) mass is 390 g/mol. The predicted octanol–water partition coefficient (Wildman–Crippen LogP) is 3.48. The Kier molecular flexibility index (Phi) is 5.91. The summed E-state index contributed by atoms with van der Waals surface area (Å²) in [5, 5.41) is 10.2. The van der Waals surface area contributed by atoms with Crippen molar-refractivity contribution in [1.82, 2.24) is 20.4 Å². The summed E-state index contributed by atoms with van der Waals surface area (Å²) in [6.07, 6.45) is 3.50. The van der Waals surface area contributed by atoms with Crippen molar-refractivity contribution >= 4 is 5.91 Å². The molecule has 150 valence electrons. The van der Waals surface area contributed by atoms with Crippen molar-refractivity contribution in [2.24, 2.45) is 0 Å². The summed E-state index contributed by atoms with van der Waals surface area (Å²) in [6.45, 7) is 2.93. The second-order valence-corrected chi connectivity index (χ2v) is 7.40. The minimum atomic E-state index is -0.0777. The number of benzene rings is 2. The Labute approximate surface area is 170 Å². The van der Waals surface area contributed by atoms with Gasteiger partial charge in [0.05, 0.1) is 24.6 Å². The number of H-pyrrole nitrogens is 1. The zero-order valence-electron chi connectivity index (χ0n) is 16.6. The van der Waals surface area contributed by atoms with Crippen molar-refractivity contribution in [3.05, 3.63) is 71.9 Å². The number of nitrogens with one attached hydrogen (secondary N) is 2. The number of hydrogen-bond acceptors (Lipinski definition) is 4. The maximum atomic E-state index is 12.9. The Morgan fingerprint density at radius 3 is 2.55 bits per heavy atom. The molecule has 2 heterocycles. The fraction of sp³-hybridized carbons (Fsp3) is 0.304. The largest absolute Gasteiger partial charge is 0.497 e. The molecule has 0 atom stereocenters. The number of piperidine rings is 1. The van der Waals surface area contributed by atoms with Crippen LogP contribution in [0.5, 0.6) is 5.75 Å². The van der Waals surface area contributed by atoms with Crippen molar-refractivity contribution in [2.75, 3.05) is 20.2 Å². The van der Waals surface area contributed by atoms with Gasteiger partial charge in [0.2, 0.25) is 0 Å². The van der Waals surface area contributed by atoms with Crippen LogP contribution in [-0.2, 0) is 6.54 Å². The van der Waals surface area contributed by atoms with Gasteiger partial charge in [0.15, 0.2) is 0 Å². The molecule has 1 fully saturated rings. The molecule has 1 aromatic heterocycles. The minimum Gasteiger partial charge on any atom is -0.497 e. The predicted molar refractivity (Wildman–Crippen MR) is 113 cm³/mol. The maximum absolute atomic E-state index is 12.9. The average molecular weight is 390 g/mol. The molecule has 6 heteroatoms. The Hall–Kier alpha value is -3.12. The normalized spacial score (nSPS) is 15.2. The van der Waals surface area contributed by atoms with Crippen LogP contribution in [0.1, 0.15) is 28.8 Å². The first-order valence-electron chi connectivity index (χ1n) is 9.98. The number of hydrogen-bond donors (Lipinski definition) is 2. The van der Waals surface area contributed by atoms with Gasteiger partial charge in [-0.3, -0.25) is 14.8 Å². The highest BCUT2D eigenvalue weighted by molar-refractivity contribution is 5.99. The van der Waals surface area contributed by atoms with E-state index >= 15 is 0 Å². The second-order valence-electron chi connectivity index (χ2n) is 7.40. The zero-order chi connectivity index (χ0) is 20.1. The third kappa shape index (κ3) is 4.66. The van der Waals surface area contributed by atoms with E-state index < -0.39 is 0 Å². The molecule has 3 aromatic rings. The molecular weight excluding hydrogens is 364 g/mol. The summed E-state index contributed by atoms with van der Waals surface area (Å²) in [6, 6.07) is 18.3. The molecule has 1 amide bonds. The van der Waals surface area contributed by atoms with E-state index in [1.165, 1.54) is 5.56 Å². The Balaban J connectivity index is 1.34. The van der Waals surface area contributed by atoms with E-state index in [1.807, 2.05) is 30.3 Å². The number of methoxy groups -OCH3 is 1. The summed E-state index contributed by atoms with van der Waals surface area (Å²) in [4.78, 5) is 15.3. The lowest BCUT2D eigenvalue weighted by atomic mass is 10.0. The standard InChI is InChI=1S/C23H26N4O2/c1-29-20-9-7-18(8-10-20)22-21(15-24-26-22)23(28)25-19-11-13-27(14-12-19)16-17-5-3-2-4-6-17/h2-10,15,19H,11-14,16H2,1H3,(H,24,26)(H,25,28). The van der Waals surface area contributed by atoms with E-state index in [4.69, 9.17) is 4.74 Å². The Morgan fingerprint density at radius 1 is 1.14 bits per heavy atom. The molecule has 0 saturated carbocycles. The fourth-order valence-electron chi connectivity index (χ4n) is 3.78. The Bertz CT molecular complexity index is 929. The van der Waals surface area contributed by atoms with Crippen molar-refractivity contribution in [3.63, 3.8) is 0 Å². The van der Waals surface area contributed by atoms with Crippen LogP contribution in [0.3, 0.4) is 0 Å². The molecule has 4 rings (SSSR count). The van der Waals surface area contributed by atoms with Gasteiger partial charge in [-0.2, -0.15) is 5.10 Å². The number of carbonyl (C=O) groups excluding carboxylic acids is 1. The number of nitrogens with zero attached hydrogens (tertiary/aromatic N) is 2. The molecule has 1 aliphatic rings. The second kappa shape index (κ2) is 8.92. The summed E-state index contributed by atoms with van der Waals surface area (Å²) >= 11 is 0. The third-order valence-corrected chi connectivity index (χ3v) is 5.43. The quantitative estimate of drug-likeness (QED) is 0.676. The van der Waals surface area contributed by atoms with Gasteiger partial charge in [-0.1, -0.05) is 30.3 Å². The van der Waals surface area contributed by atoms with Crippen LogP contribution in [0, 0.1) is 0 Å². The molecule has 1 saturated heterocycles. The van der Waals surface area contributed by atoms with Gasteiger partial charge < -0.3 is 10.1 Å². The van der Waals surface area contributed by atoms with Crippen molar-refractivity contribution in [1.29, 1.82) is 0 Å². The minimum absolute atomic E-state index is 0.0777. The lowest BCUT2D eigenvalue weighted by Gasteiger charge is -2.32. The molecule has 0 spiro atoms. The van der Waals surface area contributed by atoms with Crippen LogP contribution in [0.2, 0.25) is 0 Å². The zero-order valence-corrected chi connectivity index (χ0v) is 16.6. The Morgan fingerprint density at radius 2 is 1.86 bits per heavy atom. The lowest BCUT2D eigenvalue weighted by Crippen LogP contribution is -2.44. The van der Waals surface area contributed by atoms with E-state index in [-0.39, 0.29) is 11.9 Å². The summed E-state index contributed by atoms with van der Waals surface area (Å²) in [7, 11) is 1.63. The van der Waals surface area contributed by atoms with Crippen LogP contribution < -0.4 is 10.1 Å². The molecule has 0 radical (unpaired) electrons. The molecule has 1 aliphatic heterocycles. The number of amides is 1. The maximum Gasteiger partial charge on any atom is 0.255 e. The van der Waals surface area contributed by atoms with Crippen LogP contribution in [-0.4, -0.2) is 47.2 Å². The van der Waals surface area contributed by atoms with Gasteiger partial charge in [0.25, 0.3) is 5.91 Å². The van der Waals surface area contributed by atoms with Gasteiger partial charge >= 0.3 is 0 Å². The number of rotatable bonds is 6. The molecule has 0 bridgehead atoms. The molecular formula is C23H26N4O2. The number of aromatic amines is 1.